The fourth-order valence-corrected chi connectivity index (χ4v) is 2.50. The predicted octanol–water partition coefficient (Wildman–Crippen LogP) is 1.23. The molecule has 0 radical (unpaired) electrons. The first kappa shape index (κ1) is 10.3. The summed E-state index contributed by atoms with van der Waals surface area (Å²) in [6.07, 6.45) is 0. The average Bonchev–Trinajstić information content (AvgIpc) is 2.05. The molecule has 2 N–H and O–H groups in total. The Hall–Kier alpha value is -0.803. The van der Waals surface area contributed by atoms with Crippen molar-refractivity contribution in [2.45, 2.75) is 18.9 Å². The lowest BCUT2D eigenvalue weighted by atomic mass is 10.0. The van der Waals surface area contributed by atoms with Crippen molar-refractivity contribution in [3.05, 3.63) is 29.8 Å². The van der Waals surface area contributed by atoms with Crippen LogP contribution in [0.3, 0.4) is 0 Å². The Labute approximate surface area is 82.0 Å². The van der Waals surface area contributed by atoms with E-state index in [1.807, 2.05) is 12.1 Å². The number of nitrogens with two attached hydrogens (primary N) is 1. The summed E-state index contributed by atoms with van der Waals surface area (Å²) in [6.45, 7) is 4.43. The fraction of sp³-hybridized carbons (Fsp3) is 0.400. The van der Waals surface area contributed by atoms with Crippen LogP contribution >= 0.6 is 0 Å². The third kappa shape index (κ3) is 2.57. The van der Waals surface area contributed by atoms with Crippen molar-refractivity contribution in [1.29, 1.82) is 0 Å². The zero-order valence-corrected chi connectivity index (χ0v) is 9.92. The van der Waals surface area contributed by atoms with Crippen LogP contribution in [0.25, 0.3) is 0 Å². The zero-order valence-electron chi connectivity index (χ0n) is 8.50. The second-order valence-corrected chi connectivity index (χ2v) is 6.57. The van der Waals surface area contributed by atoms with E-state index in [1.54, 1.807) is 7.11 Å². The topological polar surface area (TPSA) is 35.2 Å². The van der Waals surface area contributed by atoms with Crippen molar-refractivity contribution in [3.63, 3.8) is 0 Å². The van der Waals surface area contributed by atoms with Gasteiger partial charge in [-0.25, -0.2) is 0 Å². The van der Waals surface area contributed by atoms with E-state index in [4.69, 9.17) is 10.2 Å². The Balaban J connectivity index is 2.87. The number of anilines is 1. The summed E-state index contributed by atoms with van der Waals surface area (Å²) in [6, 6.07) is 8.06. The van der Waals surface area contributed by atoms with Gasteiger partial charge in [0.05, 0.1) is 0 Å². The van der Waals surface area contributed by atoms with Crippen LogP contribution in [0.2, 0.25) is 0 Å². The van der Waals surface area contributed by atoms with E-state index in [0.717, 1.165) is 5.69 Å². The van der Waals surface area contributed by atoms with Crippen molar-refractivity contribution in [3.8, 4) is 0 Å². The van der Waals surface area contributed by atoms with Gasteiger partial charge in [-0.05, 0) is 17.7 Å². The summed E-state index contributed by atoms with van der Waals surface area (Å²) in [5, 5.41) is 0.197. The number of nitrogen functional groups attached to an aromatic ring is 1. The van der Waals surface area contributed by atoms with Gasteiger partial charge in [0, 0.05) is 17.8 Å². The molecule has 0 spiro atoms. The summed E-state index contributed by atoms with van der Waals surface area (Å²) >= 11 is 0. The minimum Gasteiger partial charge on any atom is -0.426 e. The maximum absolute atomic E-state index is 5.62. The highest BCUT2D eigenvalue weighted by molar-refractivity contribution is 6.32. The summed E-state index contributed by atoms with van der Waals surface area (Å²) in [7, 11) is 1.28. The molecule has 0 saturated carbocycles. The molecular weight excluding hydrogens is 178 g/mol. The molecule has 1 aromatic rings. The van der Waals surface area contributed by atoms with Gasteiger partial charge in [-0.2, -0.15) is 0 Å². The number of hydrogen-bond donors (Lipinski definition) is 1. The third-order valence-corrected chi connectivity index (χ3v) is 3.62. The molecule has 0 atom stereocenters. The first-order valence-electron chi connectivity index (χ1n) is 4.41. The lowest BCUT2D eigenvalue weighted by Crippen LogP contribution is -2.27. The molecule has 3 heteroatoms. The van der Waals surface area contributed by atoms with Crippen LogP contribution in [0.1, 0.15) is 19.4 Å². The van der Waals surface area contributed by atoms with Gasteiger partial charge in [0.2, 0.25) is 0 Å². The normalized spacial score (nSPS) is 12.5. The summed E-state index contributed by atoms with van der Waals surface area (Å²) in [5.41, 5.74) is 7.76. The zero-order chi connectivity index (χ0) is 9.90. The van der Waals surface area contributed by atoms with Crippen LogP contribution in [-0.2, 0) is 9.46 Å². The van der Waals surface area contributed by atoms with Crippen molar-refractivity contribution >= 4 is 15.5 Å². The highest BCUT2D eigenvalue weighted by Gasteiger charge is 2.20. The molecule has 0 saturated heterocycles. The lowest BCUT2D eigenvalue weighted by Gasteiger charge is -2.23. The quantitative estimate of drug-likeness (QED) is 0.581. The Morgan fingerprint density at radius 3 is 2.23 bits per heavy atom. The van der Waals surface area contributed by atoms with Crippen LogP contribution in [0, 0.1) is 0 Å². The average molecular weight is 195 g/mol. The Morgan fingerprint density at radius 2 is 1.77 bits per heavy atom. The van der Waals surface area contributed by atoms with Crippen molar-refractivity contribution in [1.82, 2.24) is 0 Å². The van der Waals surface area contributed by atoms with Crippen molar-refractivity contribution in [2.75, 3.05) is 12.8 Å². The van der Waals surface area contributed by atoms with Crippen LogP contribution < -0.4 is 5.73 Å². The molecule has 0 aromatic heterocycles. The Kier molecular flexibility index (Phi) is 3.11. The van der Waals surface area contributed by atoms with Crippen molar-refractivity contribution in [2.24, 2.45) is 0 Å². The smallest absolute Gasteiger partial charge is 0.170 e. The maximum Gasteiger partial charge on any atom is 0.170 e. The van der Waals surface area contributed by atoms with E-state index in [9.17, 15) is 0 Å². The number of hydrogen-bond acceptors (Lipinski definition) is 2. The highest BCUT2D eigenvalue weighted by atomic mass is 28.2. The van der Waals surface area contributed by atoms with Gasteiger partial charge in [0.1, 0.15) is 0 Å². The van der Waals surface area contributed by atoms with Crippen LogP contribution in [0.15, 0.2) is 24.3 Å². The van der Waals surface area contributed by atoms with E-state index in [2.05, 4.69) is 26.0 Å². The minimum atomic E-state index is -0.502. The van der Waals surface area contributed by atoms with E-state index >= 15 is 0 Å². The summed E-state index contributed by atoms with van der Waals surface area (Å²) in [5.74, 6) is 0. The highest BCUT2D eigenvalue weighted by Crippen LogP contribution is 2.22. The second kappa shape index (κ2) is 3.94. The van der Waals surface area contributed by atoms with Gasteiger partial charge in [-0.3, -0.25) is 0 Å². The monoisotopic (exact) mass is 195 g/mol. The molecule has 0 unspecified atom stereocenters. The molecule has 13 heavy (non-hydrogen) atoms. The molecule has 72 valence electrons. The molecule has 0 amide bonds. The molecule has 0 fully saturated rings. The van der Waals surface area contributed by atoms with E-state index < -0.39 is 9.76 Å². The SMILES string of the molecule is CO[SiH2]C(C)(C)c1ccc(N)cc1. The van der Waals surface area contributed by atoms with Crippen LogP contribution in [-0.4, -0.2) is 16.9 Å². The van der Waals surface area contributed by atoms with Gasteiger partial charge in [0.25, 0.3) is 0 Å². The molecular formula is C10H17NOSi. The Morgan fingerprint density at radius 1 is 1.23 bits per heavy atom. The second-order valence-electron chi connectivity index (χ2n) is 3.94. The van der Waals surface area contributed by atoms with Gasteiger partial charge in [-0.1, -0.05) is 26.0 Å². The lowest BCUT2D eigenvalue weighted by molar-refractivity contribution is 0.415. The molecule has 0 aliphatic heterocycles. The predicted molar refractivity (Wildman–Crippen MR) is 59.4 cm³/mol. The van der Waals surface area contributed by atoms with Gasteiger partial charge < -0.3 is 10.2 Å². The number of benzene rings is 1. The molecule has 0 aliphatic rings. The van der Waals surface area contributed by atoms with Crippen LogP contribution in [0.4, 0.5) is 5.69 Å². The van der Waals surface area contributed by atoms with Crippen LogP contribution in [0.5, 0.6) is 0 Å². The molecule has 2 nitrogen and oxygen atoms in total. The molecule has 0 aliphatic carbocycles. The first-order valence-corrected chi connectivity index (χ1v) is 5.69. The number of rotatable bonds is 3. The van der Waals surface area contributed by atoms with Crippen molar-refractivity contribution < 1.29 is 4.43 Å². The fourth-order valence-electron chi connectivity index (χ4n) is 1.38. The molecule has 0 heterocycles. The summed E-state index contributed by atoms with van der Waals surface area (Å²) < 4.78 is 5.30. The molecule has 1 aromatic carbocycles. The minimum absolute atomic E-state index is 0.197. The largest absolute Gasteiger partial charge is 0.426 e. The van der Waals surface area contributed by atoms with Gasteiger partial charge in [-0.15, -0.1) is 0 Å². The molecule has 0 bridgehead atoms. The van der Waals surface area contributed by atoms with E-state index in [1.165, 1.54) is 5.56 Å². The van der Waals surface area contributed by atoms with E-state index in [-0.39, 0.29) is 5.04 Å². The van der Waals surface area contributed by atoms with Gasteiger partial charge >= 0.3 is 0 Å². The van der Waals surface area contributed by atoms with E-state index in [0.29, 0.717) is 0 Å². The standard InChI is InChI=1S/C10H17NOSi/c1-10(2,13-12-3)8-4-6-9(11)7-5-8/h4-7H,11,13H2,1-3H3. The summed E-state index contributed by atoms with van der Waals surface area (Å²) in [4.78, 5) is 0. The third-order valence-electron chi connectivity index (χ3n) is 2.20. The molecule has 1 rings (SSSR count). The Bertz CT molecular complexity index is 269. The first-order chi connectivity index (χ1) is 6.06. The maximum atomic E-state index is 5.62. The van der Waals surface area contributed by atoms with Gasteiger partial charge in [0.15, 0.2) is 9.76 Å².